The van der Waals surface area contributed by atoms with E-state index >= 15 is 0 Å². The average Bonchev–Trinajstić information content (AvgIpc) is 2.93. The topological polar surface area (TPSA) is 24.9 Å². The Morgan fingerprint density at radius 1 is 1.05 bits per heavy atom. The third-order valence-corrected chi connectivity index (χ3v) is 4.58. The molecule has 2 aromatic carbocycles. The van der Waals surface area contributed by atoms with E-state index in [2.05, 4.69) is 29.6 Å². The Labute approximate surface area is 133 Å². The predicted molar refractivity (Wildman–Crippen MR) is 90.8 cm³/mol. The molecule has 0 unspecified atom stereocenters. The van der Waals surface area contributed by atoms with Gasteiger partial charge in [-0.2, -0.15) is 0 Å². The highest BCUT2D eigenvalue weighted by atomic mass is 35.5. The number of thiazole rings is 1. The highest BCUT2D eigenvalue weighted by molar-refractivity contribution is 7.18. The molecule has 0 saturated heterocycles. The normalized spacial score (nSPS) is 10.8. The minimum atomic E-state index is 0.735. The van der Waals surface area contributed by atoms with Crippen LogP contribution in [0.2, 0.25) is 5.02 Å². The molecule has 0 atom stereocenters. The van der Waals surface area contributed by atoms with Crippen molar-refractivity contribution in [2.75, 3.05) is 7.05 Å². The number of nitrogens with zero attached hydrogens (tertiary/aromatic N) is 1. The first kappa shape index (κ1) is 14.3. The SMILES string of the molecule is CNCc1nc(-c2cccc(Cl)c2)sc1-c1ccccc1. The highest BCUT2D eigenvalue weighted by Crippen LogP contribution is 2.36. The Hall–Kier alpha value is -1.68. The third kappa shape index (κ3) is 3.16. The van der Waals surface area contributed by atoms with E-state index in [1.54, 1.807) is 11.3 Å². The summed E-state index contributed by atoms with van der Waals surface area (Å²) in [5, 5.41) is 4.93. The number of hydrogen-bond acceptors (Lipinski definition) is 3. The molecule has 3 aromatic rings. The molecule has 0 aliphatic rings. The first-order chi connectivity index (χ1) is 10.3. The maximum atomic E-state index is 6.08. The Balaban J connectivity index is 2.08. The van der Waals surface area contributed by atoms with Crippen LogP contribution in [0, 0.1) is 0 Å². The summed E-state index contributed by atoms with van der Waals surface area (Å²) < 4.78 is 0. The van der Waals surface area contributed by atoms with E-state index in [0.29, 0.717) is 0 Å². The van der Waals surface area contributed by atoms with E-state index in [1.165, 1.54) is 10.4 Å². The molecule has 4 heteroatoms. The van der Waals surface area contributed by atoms with Crippen molar-refractivity contribution in [3.8, 4) is 21.0 Å². The van der Waals surface area contributed by atoms with Gasteiger partial charge >= 0.3 is 0 Å². The summed E-state index contributed by atoms with van der Waals surface area (Å²) in [6.07, 6.45) is 0. The third-order valence-electron chi connectivity index (χ3n) is 3.15. The van der Waals surface area contributed by atoms with Crippen molar-refractivity contribution < 1.29 is 0 Å². The van der Waals surface area contributed by atoms with Crippen molar-refractivity contribution in [1.29, 1.82) is 0 Å². The van der Waals surface area contributed by atoms with Crippen molar-refractivity contribution in [2.45, 2.75) is 6.54 Å². The smallest absolute Gasteiger partial charge is 0.124 e. The number of halogens is 1. The van der Waals surface area contributed by atoms with Gasteiger partial charge in [0.2, 0.25) is 0 Å². The van der Waals surface area contributed by atoms with Crippen LogP contribution in [-0.2, 0) is 6.54 Å². The fourth-order valence-electron chi connectivity index (χ4n) is 2.20. The fourth-order valence-corrected chi connectivity index (χ4v) is 3.47. The second-order valence-corrected chi connectivity index (χ2v) is 6.14. The zero-order chi connectivity index (χ0) is 14.7. The monoisotopic (exact) mass is 314 g/mol. The van der Waals surface area contributed by atoms with E-state index in [1.807, 2.05) is 37.4 Å². The lowest BCUT2D eigenvalue weighted by Gasteiger charge is -2.00. The molecule has 21 heavy (non-hydrogen) atoms. The highest BCUT2D eigenvalue weighted by Gasteiger charge is 2.13. The van der Waals surface area contributed by atoms with Gasteiger partial charge in [0.1, 0.15) is 5.01 Å². The molecule has 0 saturated carbocycles. The van der Waals surface area contributed by atoms with Crippen LogP contribution in [0.4, 0.5) is 0 Å². The lowest BCUT2D eigenvalue weighted by Crippen LogP contribution is -2.06. The van der Waals surface area contributed by atoms with Gasteiger partial charge in [-0.05, 0) is 24.7 Å². The van der Waals surface area contributed by atoms with Gasteiger partial charge < -0.3 is 5.32 Å². The Morgan fingerprint density at radius 2 is 1.81 bits per heavy atom. The minimum Gasteiger partial charge on any atom is -0.314 e. The van der Waals surface area contributed by atoms with E-state index in [9.17, 15) is 0 Å². The molecule has 3 rings (SSSR count). The Kier molecular flexibility index (Phi) is 4.34. The predicted octanol–water partition coefficient (Wildman–Crippen LogP) is 4.85. The molecule has 106 valence electrons. The standard InChI is InChI=1S/C17H15ClN2S/c1-19-11-15-16(12-6-3-2-4-7-12)21-17(20-15)13-8-5-9-14(18)10-13/h2-10,19H,11H2,1H3. The van der Waals surface area contributed by atoms with E-state index < -0.39 is 0 Å². The molecule has 0 spiro atoms. The summed E-state index contributed by atoms with van der Waals surface area (Å²) in [4.78, 5) is 5.99. The number of hydrogen-bond donors (Lipinski definition) is 1. The summed E-state index contributed by atoms with van der Waals surface area (Å²) in [5.74, 6) is 0. The lowest BCUT2D eigenvalue weighted by atomic mass is 10.1. The molecule has 0 aliphatic carbocycles. The van der Waals surface area contributed by atoms with Crippen molar-refractivity contribution in [2.24, 2.45) is 0 Å². The fraction of sp³-hybridized carbons (Fsp3) is 0.118. The van der Waals surface area contributed by atoms with E-state index in [4.69, 9.17) is 16.6 Å². The maximum absolute atomic E-state index is 6.08. The summed E-state index contributed by atoms with van der Waals surface area (Å²) in [6, 6.07) is 18.2. The summed E-state index contributed by atoms with van der Waals surface area (Å²) in [5.41, 5.74) is 3.34. The van der Waals surface area contributed by atoms with Crippen LogP contribution in [0.25, 0.3) is 21.0 Å². The zero-order valence-corrected chi connectivity index (χ0v) is 13.2. The van der Waals surface area contributed by atoms with Crippen LogP contribution < -0.4 is 5.32 Å². The average molecular weight is 315 g/mol. The Bertz CT molecular complexity index is 738. The largest absolute Gasteiger partial charge is 0.314 e. The molecule has 0 bridgehead atoms. The van der Waals surface area contributed by atoms with Gasteiger partial charge in [0.15, 0.2) is 0 Å². The molecular formula is C17H15ClN2S. The zero-order valence-electron chi connectivity index (χ0n) is 11.6. The van der Waals surface area contributed by atoms with Crippen molar-refractivity contribution in [3.63, 3.8) is 0 Å². The number of benzene rings is 2. The van der Waals surface area contributed by atoms with Gasteiger partial charge in [-0.3, -0.25) is 0 Å². The van der Waals surface area contributed by atoms with Crippen LogP contribution in [-0.4, -0.2) is 12.0 Å². The van der Waals surface area contributed by atoms with E-state index in [0.717, 1.165) is 27.8 Å². The second kappa shape index (κ2) is 6.39. The first-order valence-electron chi connectivity index (χ1n) is 6.73. The van der Waals surface area contributed by atoms with Gasteiger partial charge in [-0.15, -0.1) is 11.3 Å². The van der Waals surface area contributed by atoms with Crippen LogP contribution in [0.1, 0.15) is 5.69 Å². The molecule has 1 N–H and O–H groups in total. The molecule has 0 amide bonds. The summed E-state index contributed by atoms with van der Waals surface area (Å²) in [7, 11) is 1.94. The quantitative estimate of drug-likeness (QED) is 0.744. The van der Waals surface area contributed by atoms with Crippen molar-refractivity contribution in [3.05, 3.63) is 65.3 Å². The number of nitrogens with one attached hydrogen (secondary N) is 1. The number of aromatic nitrogens is 1. The molecule has 2 nitrogen and oxygen atoms in total. The van der Waals surface area contributed by atoms with Crippen molar-refractivity contribution >= 4 is 22.9 Å². The summed E-state index contributed by atoms with van der Waals surface area (Å²) >= 11 is 7.79. The summed E-state index contributed by atoms with van der Waals surface area (Å²) in [6.45, 7) is 0.751. The molecule has 1 aromatic heterocycles. The molecule has 0 fully saturated rings. The Morgan fingerprint density at radius 3 is 2.52 bits per heavy atom. The van der Waals surface area contributed by atoms with Crippen LogP contribution in [0.5, 0.6) is 0 Å². The van der Waals surface area contributed by atoms with Crippen molar-refractivity contribution in [1.82, 2.24) is 10.3 Å². The van der Waals surface area contributed by atoms with Gasteiger partial charge in [0.25, 0.3) is 0 Å². The van der Waals surface area contributed by atoms with Gasteiger partial charge in [-0.1, -0.05) is 54.1 Å². The van der Waals surface area contributed by atoms with Crippen LogP contribution >= 0.6 is 22.9 Å². The number of rotatable bonds is 4. The first-order valence-corrected chi connectivity index (χ1v) is 7.93. The maximum Gasteiger partial charge on any atom is 0.124 e. The van der Waals surface area contributed by atoms with Gasteiger partial charge in [0, 0.05) is 17.1 Å². The molecule has 0 aliphatic heterocycles. The molecule has 0 radical (unpaired) electrons. The van der Waals surface area contributed by atoms with Gasteiger partial charge in [0.05, 0.1) is 10.6 Å². The second-order valence-electron chi connectivity index (χ2n) is 4.70. The minimum absolute atomic E-state index is 0.735. The van der Waals surface area contributed by atoms with Crippen LogP contribution in [0.15, 0.2) is 54.6 Å². The molecular weight excluding hydrogens is 300 g/mol. The lowest BCUT2D eigenvalue weighted by molar-refractivity contribution is 0.799. The molecule has 1 heterocycles. The van der Waals surface area contributed by atoms with Crippen LogP contribution in [0.3, 0.4) is 0 Å². The van der Waals surface area contributed by atoms with E-state index in [-0.39, 0.29) is 0 Å². The van der Waals surface area contributed by atoms with Gasteiger partial charge in [-0.25, -0.2) is 4.98 Å².